The normalized spacial score (nSPS) is 16.0. The van der Waals surface area contributed by atoms with E-state index in [2.05, 4.69) is 15.6 Å². The monoisotopic (exact) mass is 587 g/mol. The predicted octanol–water partition coefficient (Wildman–Crippen LogP) is 5.34. The van der Waals surface area contributed by atoms with Gasteiger partial charge in [0.15, 0.2) is 5.75 Å². The van der Waals surface area contributed by atoms with Gasteiger partial charge in [0, 0.05) is 25.9 Å². The van der Waals surface area contributed by atoms with E-state index in [4.69, 9.17) is 19.9 Å². The first-order valence-electron chi connectivity index (χ1n) is 13.3. The topological polar surface area (TPSA) is 145 Å². The number of nitrogens with zero attached hydrogens (tertiary/aromatic N) is 2. The first kappa shape index (κ1) is 33.5. The van der Waals surface area contributed by atoms with Gasteiger partial charge in [-0.2, -0.15) is 13.2 Å². The number of aliphatic imine (C=N–C) groups is 1. The number of ether oxygens (including phenoxy) is 3. The Morgan fingerprint density at radius 1 is 1.07 bits per heavy atom. The van der Waals surface area contributed by atoms with Gasteiger partial charge < -0.3 is 30.2 Å². The second kappa shape index (κ2) is 13.8. The molecule has 0 aromatic heterocycles. The molecule has 4 N–H and O–H groups in total. The van der Waals surface area contributed by atoms with E-state index < -0.39 is 47.1 Å². The minimum Gasteiger partial charge on any atom is -0.484 e. The second-order valence-corrected chi connectivity index (χ2v) is 11.6. The Labute approximate surface area is 238 Å². The summed E-state index contributed by atoms with van der Waals surface area (Å²) in [6, 6.07) is 1.52. The summed E-state index contributed by atoms with van der Waals surface area (Å²) in [5.74, 6) is -0.633. The molecule has 41 heavy (non-hydrogen) atoms. The highest BCUT2D eigenvalue weighted by atomic mass is 19.4. The van der Waals surface area contributed by atoms with E-state index in [9.17, 15) is 27.6 Å². The predicted molar refractivity (Wildman–Crippen MR) is 148 cm³/mol. The first-order valence-corrected chi connectivity index (χ1v) is 13.3. The van der Waals surface area contributed by atoms with E-state index in [1.165, 1.54) is 11.2 Å². The quantitative estimate of drug-likeness (QED) is 0.153. The zero-order valence-electron chi connectivity index (χ0n) is 24.3. The zero-order chi connectivity index (χ0) is 31.0. The smallest absolute Gasteiger partial charge is 0.416 e. The minimum atomic E-state index is -4.70. The van der Waals surface area contributed by atoms with Crippen LogP contribution >= 0.6 is 0 Å². The fourth-order valence-corrected chi connectivity index (χ4v) is 3.69. The molecule has 0 bridgehead atoms. The molecule has 0 aliphatic carbocycles. The molecule has 3 amide bonds. The van der Waals surface area contributed by atoms with Crippen molar-refractivity contribution in [2.45, 2.75) is 90.7 Å². The summed E-state index contributed by atoms with van der Waals surface area (Å²) in [6.07, 6.45) is -3.96. The van der Waals surface area contributed by atoms with Gasteiger partial charge >= 0.3 is 18.4 Å². The Kier molecular flexibility index (Phi) is 11.2. The van der Waals surface area contributed by atoms with E-state index in [0.29, 0.717) is 32.4 Å². The average Bonchev–Trinajstić information content (AvgIpc) is 3.26. The number of hydrogen-bond acceptors (Lipinski definition) is 8. The van der Waals surface area contributed by atoms with Crippen LogP contribution in [0.4, 0.5) is 34.1 Å². The van der Waals surface area contributed by atoms with Gasteiger partial charge in [0.1, 0.15) is 17.3 Å². The van der Waals surface area contributed by atoms with Crippen LogP contribution in [0.2, 0.25) is 0 Å². The third kappa shape index (κ3) is 12.1. The van der Waals surface area contributed by atoms with Crippen molar-refractivity contribution in [3.8, 4) is 5.75 Å². The van der Waals surface area contributed by atoms with Crippen LogP contribution < -0.4 is 21.1 Å². The highest BCUT2D eigenvalue weighted by Crippen LogP contribution is 2.40. The molecule has 0 spiro atoms. The number of carbonyl (C=O) groups is 3. The standard InChI is InChI=1S/C27H40F3N5O6/c1-25(2,3)40-23(37)33-16-32-11-8-7-9-21(36)34-20-14-17(27(28,29)30)13-19(31)22(20)39-18-10-12-35(15-18)24(38)41-26(4,5)6/h13-14,16,18H,7-12,15,31H2,1-6H3,(H,34,36)(H,32,33,37)/t18-/m1/s1. The maximum Gasteiger partial charge on any atom is 0.416 e. The molecule has 0 saturated carbocycles. The number of benzene rings is 1. The van der Waals surface area contributed by atoms with Crippen molar-refractivity contribution in [2.75, 3.05) is 30.7 Å². The molecule has 1 aliphatic heterocycles. The number of nitrogen functional groups attached to an aromatic ring is 1. The van der Waals surface area contributed by atoms with Crippen molar-refractivity contribution in [1.29, 1.82) is 0 Å². The van der Waals surface area contributed by atoms with Gasteiger partial charge in [-0.3, -0.25) is 15.1 Å². The molecule has 1 saturated heterocycles. The molecule has 2 rings (SSSR count). The lowest BCUT2D eigenvalue weighted by Crippen LogP contribution is -2.36. The molecule has 11 nitrogen and oxygen atoms in total. The molecule has 0 unspecified atom stereocenters. The Morgan fingerprint density at radius 3 is 2.34 bits per heavy atom. The molecule has 230 valence electrons. The SMILES string of the molecule is CC(C)(C)OC(=O)NC=NCCCCC(=O)Nc1cc(C(F)(F)F)cc(N)c1O[C@@H]1CCN(C(=O)OC(C)(C)C)C1. The van der Waals surface area contributed by atoms with Crippen molar-refractivity contribution in [3.63, 3.8) is 0 Å². The van der Waals surface area contributed by atoms with Gasteiger partial charge in [-0.15, -0.1) is 0 Å². The highest BCUT2D eigenvalue weighted by molar-refractivity contribution is 5.93. The summed E-state index contributed by atoms with van der Waals surface area (Å²) < 4.78 is 56.7. The summed E-state index contributed by atoms with van der Waals surface area (Å²) in [4.78, 5) is 42.0. The van der Waals surface area contributed by atoms with E-state index in [1.807, 2.05) is 0 Å². The van der Waals surface area contributed by atoms with E-state index in [1.54, 1.807) is 41.5 Å². The number of carbonyl (C=O) groups excluding carboxylic acids is 3. The van der Waals surface area contributed by atoms with Crippen molar-refractivity contribution in [1.82, 2.24) is 10.2 Å². The Morgan fingerprint density at radius 2 is 1.73 bits per heavy atom. The van der Waals surface area contributed by atoms with Crippen LogP contribution in [0.15, 0.2) is 17.1 Å². The van der Waals surface area contributed by atoms with Gasteiger partial charge in [0.25, 0.3) is 0 Å². The van der Waals surface area contributed by atoms with Gasteiger partial charge in [0.05, 0.1) is 29.8 Å². The summed E-state index contributed by atoms with van der Waals surface area (Å²) in [6.45, 7) is 11.2. The van der Waals surface area contributed by atoms with Gasteiger partial charge in [-0.25, -0.2) is 9.59 Å². The molecule has 1 fully saturated rings. The van der Waals surface area contributed by atoms with Crippen LogP contribution in [-0.2, 0) is 20.4 Å². The minimum absolute atomic E-state index is 0.000451. The largest absolute Gasteiger partial charge is 0.484 e. The van der Waals surface area contributed by atoms with Crippen LogP contribution in [0.5, 0.6) is 5.75 Å². The molecule has 1 heterocycles. The lowest BCUT2D eigenvalue weighted by Gasteiger charge is -2.24. The van der Waals surface area contributed by atoms with Crippen LogP contribution in [-0.4, -0.2) is 66.3 Å². The van der Waals surface area contributed by atoms with Crippen molar-refractivity contribution in [3.05, 3.63) is 17.7 Å². The number of unbranched alkanes of at least 4 members (excludes halogenated alkanes) is 1. The maximum absolute atomic E-state index is 13.5. The van der Waals surface area contributed by atoms with Crippen molar-refractivity contribution in [2.24, 2.45) is 4.99 Å². The number of halogens is 3. The summed E-state index contributed by atoms with van der Waals surface area (Å²) >= 11 is 0. The number of nitrogens with one attached hydrogen (secondary N) is 2. The molecule has 1 aliphatic rings. The Bertz CT molecular complexity index is 1110. The molecular formula is C27H40F3N5O6. The molecule has 1 atom stereocenters. The van der Waals surface area contributed by atoms with Crippen molar-refractivity contribution < 1.29 is 41.8 Å². The third-order valence-electron chi connectivity index (χ3n) is 5.41. The zero-order valence-corrected chi connectivity index (χ0v) is 24.3. The van der Waals surface area contributed by atoms with Crippen LogP contribution in [0.25, 0.3) is 0 Å². The van der Waals surface area contributed by atoms with E-state index >= 15 is 0 Å². The summed E-state index contributed by atoms with van der Waals surface area (Å²) in [7, 11) is 0. The summed E-state index contributed by atoms with van der Waals surface area (Å²) in [5.41, 5.74) is 3.07. The average molecular weight is 588 g/mol. The van der Waals surface area contributed by atoms with Gasteiger partial charge in [0.2, 0.25) is 5.91 Å². The first-order chi connectivity index (χ1) is 18.8. The van der Waals surface area contributed by atoms with Crippen LogP contribution in [0.1, 0.15) is 72.8 Å². The maximum atomic E-state index is 13.5. The number of hydrogen-bond donors (Lipinski definition) is 3. The Hall–Kier alpha value is -3.71. The third-order valence-corrected chi connectivity index (χ3v) is 5.41. The molecule has 1 aromatic carbocycles. The number of rotatable bonds is 9. The number of anilines is 2. The summed E-state index contributed by atoms with van der Waals surface area (Å²) in [5, 5.41) is 4.85. The van der Waals surface area contributed by atoms with Crippen molar-refractivity contribution >= 4 is 35.8 Å². The number of amides is 3. The number of likely N-dealkylation sites (tertiary alicyclic amines) is 1. The fraction of sp³-hybridized carbons (Fsp3) is 0.630. The number of nitrogens with two attached hydrogens (primary N) is 1. The molecule has 0 radical (unpaired) electrons. The molecular weight excluding hydrogens is 547 g/mol. The molecule has 1 aromatic rings. The molecule has 14 heteroatoms. The van der Waals surface area contributed by atoms with Gasteiger partial charge in [-0.05, 0) is 66.5 Å². The van der Waals surface area contributed by atoms with Crippen LogP contribution in [0, 0.1) is 0 Å². The number of alkyl halides is 3. The lowest BCUT2D eigenvalue weighted by atomic mass is 10.1. The lowest BCUT2D eigenvalue weighted by molar-refractivity contribution is -0.137. The van der Waals surface area contributed by atoms with E-state index in [0.717, 1.165) is 12.1 Å². The Balaban J connectivity index is 1.98. The second-order valence-electron chi connectivity index (χ2n) is 11.6. The fourth-order valence-electron chi connectivity index (χ4n) is 3.69. The number of alkyl carbamates (subject to hydrolysis) is 1. The highest BCUT2D eigenvalue weighted by Gasteiger charge is 2.35. The van der Waals surface area contributed by atoms with Gasteiger partial charge in [-0.1, -0.05) is 0 Å². The van der Waals surface area contributed by atoms with E-state index in [-0.39, 0.29) is 30.1 Å². The van der Waals surface area contributed by atoms with Crippen LogP contribution in [0.3, 0.4) is 0 Å².